The average Bonchev–Trinajstić information content (AvgIpc) is 2.60. The van der Waals surface area contributed by atoms with E-state index in [1.54, 1.807) is 24.3 Å². The van der Waals surface area contributed by atoms with Crippen molar-refractivity contribution >= 4 is 54.0 Å². The van der Waals surface area contributed by atoms with Gasteiger partial charge in [0.1, 0.15) is 5.75 Å². The zero-order valence-electron chi connectivity index (χ0n) is 14.4. The molecule has 3 aromatic rings. The number of carbonyl (C=O) groups excluding carboxylic acids is 1. The third kappa shape index (κ3) is 5.70. The molecule has 0 fully saturated rings. The maximum absolute atomic E-state index is 12.1. The Kier molecular flexibility index (Phi) is 5.67. The van der Waals surface area contributed by atoms with E-state index in [0.717, 1.165) is 21.5 Å². The highest BCUT2D eigenvalue weighted by atomic mass is 79.9. The lowest BCUT2D eigenvalue weighted by Gasteiger charge is -2.09. The van der Waals surface area contributed by atoms with Gasteiger partial charge in [0, 0.05) is 15.8 Å². The van der Waals surface area contributed by atoms with Gasteiger partial charge in [0.25, 0.3) is 5.91 Å². The summed E-state index contributed by atoms with van der Waals surface area (Å²) in [5.74, 6) is 0.294. The molecular formula is C19H17BrN2O4S. The van der Waals surface area contributed by atoms with E-state index >= 15 is 0 Å². The van der Waals surface area contributed by atoms with Crippen LogP contribution in [0.4, 0.5) is 11.4 Å². The summed E-state index contributed by atoms with van der Waals surface area (Å²) in [7, 11) is -3.33. The van der Waals surface area contributed by atoms with E-state index in [9.17, 15) is 13.2 Å². The number of halogens is 1. The molecular weight excluding hydrogens is 432 g/mol. The highest BCUT2D eigenvalue weighted by Gasteiger charge is 2.06. The van der Waals surface area contributed by atoms with Crippen molar-refractivity contribution in [3.63, 3.8) is 0 Å². The van der Waals surface area contributed by atoms with Gasteiger partial charge in [0.2, 0.25) is 10.0 Å². The minimum atomic E-state index is -3.33. The fourth-order valence-corrected chi connectivity index (χ4v) is 3.41. The average molecular weight is 449 g/mol. The molecule has 0 radical (unpaired) electrons. The Balaban J connectivity index is 1.57. The van der Waals surface area contributed by atoms with Gasteiger partial charge in [-0.2, -0.15) is 0 Å². The first-order valence-corrected chi connectivity index (χ1v) is 10.7. The Morgan fingerprint density at radius 3 is 2.30 bits per heavy atom. The summed E-state index contributed by atoms with van der Waals surface area (Å²) in [6.45, 7) is -0.134. The molecule has 0 saturated heterocycles. The topological polar surface area (TPSA) is 84.5 Å². The molecule has 2 N–H and O–H groups in total. The smallest absolute Gasteiger partial charge is 0.262 e. The van der Waals surface area contributed by atoms with Crippen LogP contribution in [0.5, 0.6) is 5.75 Å². The maximum atomic E-state index is 12.1. The molecule has 0 heterocycles. The van der Waals surface area contributed by atoms with Gasteiger partial charge in [-0.1, -0.05) is 28.1 Å². The standard InChI is InChI=1S/C19H17BrN2O4S/c1-27(24,25)22-17-7-5-16(6-8-17)21-19(23)12-26-18-9-3-13-10-15(20)4-2-14(13)11-18/h2-11,22H,12H2,1H3,(H,21,23). The van der Waals surface area contributed by atoms with Crippen molar-refractivity contribution in [1.82, 2.24) is 0 Å². The molecule has 0 aliphatic carbocycles. The van der Waals surface area contributed by atoms with Gasteiger partial charge in [0.15, 0.2) is 6.61 Å². The van der Waals surface area contributed by atoms with Crippen LogP contribution in [0, 0.1) is 0 Å². The fraction of sp³-hybridized carbons (Fsp3) is 0.105. The second kappa shape index (κ2) is 7.98. The lowest BCUT2D eigenvalue weighted by Crippen LogP contribution is -2.20. The predicted molar refractivity (Wildman–Crippen MR) is 111 cm³/mol. The van der Waals surface area contributed by atoms with Gasteiger partial charge in [-0.25, -0.2) is 8.42 Å². The summed E-state index contributed by atoms with van der Waals surface area (Å²) < 4.78 is 31.3. The molecule has 0 aliphatic rings. The molecule has 6 nitrogen and oxygen atoms in total. The highest BCUT2D eigenvalue weighted by molar-refractivity contribution is 9.10. The van der Waals surface area contributed by atoms with Crippen LogP contribution in [0.2, 0.25) is 0 Å². The number of hydrogen-bond acceptors (Lipinski definition) is 4. The van der Waals surface area contributed by atoms with Gasteiger partial charge in [-0.05, 0) is 59.3 Å². The van der Waals surface area contributed by atoms with Crippen molar-refractivity contribution < 1.29 is 17.9 Å². The van der Waals surface area contributed by atoms with Crippen LogP contribution < -0.4 is 14.8 Å². The molecule has 3 aromatic carbocycles. The first-order valence-electron chi connectivity index (χ1n) is 7.98. The number of anilines is 2. The molecule has 8 heteroatoms. The number of nitrogens with one attached hydrogen (secondary N) is 2. The predicted octanol–water partition coefficient (Wildman–Crippen LogP) is 3.99. The van der Waals surface area contributed by atoms with Crippen LogP contribution in [-0.2, 0) is 14.8 Å². The van der Waals surface area contributed by atoms with E-state index < -0.39 is 10.0 Å². The number of rotatable bonds is 6. The van der Waals surface area contributed by atoms with Crippen LogP contribution >= 0.6 is 15.9 Å². The third-order valence-corrected chi connectivity index (χ3v) is 4.72. The Hall–Kier alpha value is -2.58. The van der Waals surface area contributed by atoms with Crippen LogP contribution in [0.15, 0.2) is 65.1 Å². The zero-order chi connectivity index (χ0) is 19.4. The van der Waals surface area contributed by atoms with Gasteiger partial charge < -0.3 is 10.1 Å². The molecule has 27 heavy (non-hydrogen) atoms. The number of hydrogen-bond donors (Lipinski definition) is 2. The Labute approximate surface area is 165 Å². The Morgan fingerprint density at radius 2 is 1.59 bits per heavy atom. The zero-order valence-corrected chi connectivity index (χ0v) is 16.8. The van der Waals surface area contributed by atoms with Crippen molar-refractivity contribution in [2.45, 2.75) is 0 Å². The highest BCUT2D eigenvalue weighted by Crippen LogP contribution is 2.24. The lowest BCUT2D eigenvalue weighted by atomic mass is 10.1. The van der Waals surface area contributed by atoms with E-state index in [4.69, 9.17) is 4.74 Å². The molecule has 0 atom stereocenters. The molecule has 140 valence electrons. The summed E-state index contributed by atoms with van der Waals surface area (Å²) in [5, 5.41) is 4.79. The van der Waals surface area contributed by atoms with Crippen molar-refractivity contribution in [1.29, 1.82) is 0 Å². The Morgan fingerprint density at radius 1 is 0.963 bits per heavy atom. The number of sulfonamides is 1. The molecule has 0 bridgehead atoms. The van der Waals surface area contributed by atoms with Gasteiger partial charge in [-0.15, -0.1) is 0 Å². The summed E-state index contributed by atoms with van der Waals surface area (Å²) in [6, 6.07) is 17.9. The van der Waals surface area contributed by atoms with Crippen molar-refractivity contribution in [3.8, 4) is 5.75 Å². The first-order chi connectivity index (χ1) is 12.8. The molecule has 0 saturated carbocycles. The number of carbonyl (C=O) groups is 1. The summed E-state index contributed by atoms with van der Waals surface area (Å²) in [6.07, 6.45) is 1.08. The molecule has 0 unspecified atom stereocenters. The van der Waals surface area contributed by atoms with E-state index in [0.29, 0.717) is 17.1 Å². The van der Waals surface area contributed by atoms with Crippen molar-refractivity contribution in [3.05, 3.63) is 65.1 Å². The number of fused-ring (bicyclic) bond motifs is 1. The third-order valence-electron chi connectivity index (χ3n) is 3.62. The SMILES string of the molecule is CS(=O)(=O)Nc1ccc(NC(=O)COc2ccc3cc(Br)ccc3c2)cc1. The normalized spacial score (nSPS) is 11.2. The minimum Gasteiger partial charge on any atom is -0.484 e. The van der Waals surface area contributed by atoms with Gasteiger partial charge in [-0.3, -0.25) is 9.52 Å². The van der Waals surface area contributed by atoms with Crippen LogP contribution in [-0.4, -0.2) is 27.2 Å². The monoisotopic (exact) mass is 448 g/mol. The quantitative estimate of drug-likeness (QED) is 0.596. The van der Waals surface area contributed by atoms with Crippen molar-refractivity contribution in [2.24, 2.45) is 0 Å². The molecule has 0 aromatic heterocycles. The van der Waals surface area contributed by atoms with Gasteiger partial charge in [0.05, 0.1) is 6.26 Å². The van der Waals surface area contributed by atoms with Crippen molar-refractivity contribution in [2.75, 3.05) is 22.9 Å². The summed E-state index contributed by atoms with van der Waals surface area (Å²) >= 11 is 3.43. The van der Waals surface area contributed by atoms with E-state index in [2.05, 4.69) is 26.0 Å². The van der Waals surface area contributed by atoms with Gasteiger partial charge >= 0.3 is 0 Å². The summed E-state index contributed by atoms with van der Waals surface area (Å²) in [4.78, 5) is 12.1. The van der Waals surface area contributed by atoms with E-state index in [1.807, 2.05) is 36.4 Å². The molecule has 3 rings (SSSR count). The number of ether oxygens (including phenoxy) is 1. The van der Waals surface area contributed by atoms with Crippen LogP contribution in [0.1, 0.15) is 0 Å². The Bertz CT molecular complexity index is 1080. The summed E-state index contributed by atoms with van der Waals surface area (Å²) in [5.41, 5.74) is 0.973. The van der Waals surface area contributed by atoms with E-state index in [1.165, 1.54) is 0 Å². The lowest BCUT2D eigenvalue weighted by molar-refractivity contribution is -0.118. The largest absolute Gasteiger partial charge is 0.484 e. The minimum absolute atomic E-state index is 0.134. The van der Waals surface area contributed by atoms with Crippen LogP contribution in [0.25, 0.3) is 10.8 Å². The second-order valence-electron chi connectivity index (χ2n) is 5.94. The van der Waals surface area contributed by atoms with Crippen LogP contribution in [0.3, 0.4) is 0 Å². The van der Waals surface area contributed by atoms with E-state index in [-0.39, 0.29) is 12.5 Å². The number of amides is 1. The molecule has 1 amide bonds. The molecule has 0 spiro atoms. The second-order valence-corrected chi connectivity index (χ2v) is 8.61. The maximum Gasteiger partial charge on any atom is 0.262 e. The number of benzene rings is 3. The fourth-order valence-electron chi connectivity index (χ4n) is 2.47. The molecule has 0 aliphatic heterocycles. The first kappa shape index (κ1) is 19.2.